The second-order valence-electron chi connectivity index (χ2n) is 7.40. The first kappa shape index (κ1) is 20.0. The molecule has 0 bridgehead atoms. The highest BCUT2D eigenvalue weighted by molar-refractivity contribution is 6.30. The average Bonchev–Trinajstić information content (AvgIpc) is 3.12. The zero-order chi connectivity index (χ0) is 19.2. The average molecular weight is 393 g/mol. The van der Waals surface area contributed by atoms with Gasteiger partial charge in [0.15, 0.2) is 5.82 Å². The Balaban J connectivity index is 1.71. The zero-order valence-electron chi connectivity index (χ0n) is 16.4. The van der Waals surface area contributed by atoms with Crippen molar-refractivity contribution in [3.8, 4) is 0 Å². The molecule has 27 heavy (non-hydrogen) atoms. The SMILES string of the molecule is COCCn1nnnc1[C@H](CC(C)C)N1CCN(c2cccc(Cl)c2)CC1. The van der Waals surface area contributed by atoms with Crippen LogP contribution in [0.15, 0.2) is 24.3 Å². The number of nitrogens with zero attached hydrogens (tertiary/aromatic N) is 6. The standard InChI is InChI=1S/C19H29ClN6O/c1-15(2)13-18(19-21-22-23-26(19)11-12-27-3)25-9-7-24(8-10-25)17-6-4-5-16(20)14-17/h4-6,14-15,18H,7-13H2,1-3H3/t18-/m0/s1. The molecule has 0 spiro atoms. The van der Waals surface area contributed by atoms with Crippen LogP contribution in [-0.2, 0) is 11.3 Å². The summed E-state index contributed by atoms with van der Waals surface area (Å²) >= 11 is 6.15. The lowest BCUT2D eigenvalue weighted by Crippen LogP contribution is -2.48. The number of piperazine rings is 1. The van der Waals surface area contributed by atoms with Crippen LogP contribution in [0.2, 0.25) is 5.02 Å². The van der Waals surface area contributed by atoms with E-state index in [-0.39, 0.29) is 6.04 Å². The summed E-state index contributed by atoms with van der Waals surface area (Å²) in [6.45, 7) is 9.66. The van der Waals surface area contributed by atoms with E-state index in [0.717, 1.165) is 43.4 Å². The Morgan fingerprint density at radius 2 is 1.96 bits per heavy atom. The number of benzene rings is 1. The first-order valence-electron chi connectivity index (χ1n) is 9.58. The van der Waals surface area contributed by atoms with Crippen LogP contribution in [0.1, 0.15) is 32.1 Å². The van der Waals surface area contributed by atoms with Gasteiger partial charge in [-0.05, 0) is 41.0 Å². The van der Waals surface area contributed by atoms with Gasteiger partial charge in [-0.1, -0.05) is 31.5 Å². The van der Waals surface area contributed by atoms with Gasteiger partial charge >= 0.3 is 0 Å². The lowest BCUT2D eigenvalue weighted by Gasteiger charge is -2.40. The Bertz CT molecular complexity index is 714. The van der Waals surface area contributed by atoms with Crippen molar-refractivity contribution in [2.75, 3.05) is 44.8 Å². The van der Waals surface area contributed by atoms with Gasteiger partial charge < -0.3 is 9.64 Å². The molecule has 8 heteroatoms. The molecule has 0 aliphatic carbocycles. The fraction of sp³-hybridized carbons (Fsp3) is 0.632. The molecule has 1 aliphatic heterocycles. The van der Waals surface area contributed by atoms with Crippen LogP contribution in [0.25, 0.3) is 0 Å². The van der Waals surface area contributed by atoms with Gasteiger partial charge in [-0.2, -0.15) is 0 Å². The molecule has 0 N–H and O–H groups in total. The molecule has 2 aromatic rings. The normalized spacial score (nSPS) is 16.9. The molecule has 3 rings (SSSR count). The number of rotatable bonds is 8. The number of aromatic nitrogens is 4. The highest BCUT2D eigenvalue weighted by Crippen LogP contribution is 2.29. The Morgan fingerprint density at radius 3 is 2.63 bits per heavy atom. The van der Waals surface area contributed by atoms with E-state index >= 15 is 0 Å². The Kier molecular flexibility index (Phi) is 7.04. The molecule has 1 aromatic carbocycles. The Labute approximate surface area is 166 Å². The fourth-order valence-electron chi connectivity index (χ4n) is 3.62. The van der Waals surface area contributed by atoms with Gasteiger partial charge in [0.25, 0.3) is 0 Å². The number of hydrogen-bond donors (Lipinski definition) is 0. The van der Waals surface area contributed by atoms with Gasteiger partial charge in [-0.3, -0.25) is 4.90 Å². The van der Waals surface area contributed by atoms with Gasteiger partial charge in [0.05, 0.1) is 19.2 Å². The zero-order valence-corrected chi connectivity index (χ0v) is 17.1. The highest BCUT2D eigenvalue weighted by Gasteiger charge is 2.29. The van der Waals surface area contributed by atoms with Crippen molar-refractivity contribution in [2.45, 2.75) is 32.9 Å². The van der Waals surface area contributed by atoms with E-state index in [0.29, 0.717) is 19.1 Å². The van der Waals surface area contributed by atoms with E-state index in [1.54, 1.807) is 7.11 Å². The summed E-state index contributed by atoms with van der Waals surface area (Å²) in [5.74, 6) is 1.51. The fourth-order valence-corrected chi connectivity index (χ4v) is 3.80. The molecule has 0 saturated carbocycles. The maximum absolute atomic E-state index is 6.15. The molecule has 1 aromatic heterocycles. The van der Waals surface area contributed by atoms with Crippen LogP contribution in [0, 0.1) is 5.92 Å². The number of ether oxygens (including phenoxy) is 1. The largest absolute Gasteiger partial charge is 0.383 e. The van der Waals surface area contributed by atoms with Gasteiger partial charge in [0.1, 0.15) is 0 Å². The maximum atomic E-state index is 6.15. The van der Waals surface area contributed by atoms with Crippen molar-refractivity contribution in [2.24, 2.45) is 5.92 Å². The predicted octanol–water partition coefficient (Wildman–Crippen LogP) is 2.88. The van der Waals surface area contributed by atoms with Crippen molar-refractivity contribution >= 4 is 17.3 Å². The molecular weight excluding hydrogens is 364 g/mol. The van der Waals surface area contributed by atoms with Gasteiger partial charge in [0, 0.05) is 44.0 Å². The quantitative estimate of drug-likeness (QED) is 0.688. The second-order valence-corrected chi connectivity index (χ2v) is 7.84. The number of hydrogen-bond acceptors (Lipinski definition) is 6. The van der Waals surface area contributed by atoms with Crippen molar-refractivity contribution in [1.82, 2.24) is 25.1 Å². The monoisotopic (exact) mass is 392 g/mol. The summed E-state index contributed by atoms with van der Waals surface area (Å²) in [7, 11) is 1.70. The van der Waals surface area contributed by atoms with E-state index in [1.165, 1.54) is 5.69 Å². The summed E-state index contributed by atoms with van der Waals surface area (Å²) in [6, 6.07) is 8.31. The first-order chi connectivity index (χ1) is 13.1. The summed E-state index contributed by atoms with van der Waals surface area (Å²) in [6.07, 6.45) is 1.03. The lowest BCUT2D eigenvalue weighted by atomic mass is 10.0. The van der Waals surface area contributed by atoms with Gasteiger partial charge in [-0.15, -0.1) is 5.10 Å². The third kappa shape index (κ3) is 5.18. The lowest BCUT2D eigenvalue weighted by molar-refractivity contribution is 0.145. The number of anilines is 1. The van der Waals surface area contributed by atoms with Crippen LogP contribution in [0.4, 0.5) is 5.69 Å². The predicted molar refractivity (Wildman–Crippen MR) is 107 cm³/mol. The molecule has 7 nitrogen and oxygen atoms in total. The number of halogens is 1. The van der Waals surface area contributed by atoms with Crippen molar-refractivity contribution in [3.63, 3.8) is 0 Å². The molecule has 1 fully saturated rings. The van der Waals surface area contributed by atoms with Crippen LogP contribution >= 0.6 is 11.6 Å². The van der Waals surface area contributed by atoms with Crippen LogP contribution in [-0.4, -0.2) is 65.0 Å². The number of methoxy groups -OCH3 is 1. The van der Waals surface area contributed by atoms with E-state index in [4.69, 9.17) is 16.3 Å². The topological polar surface area (TPSA) is 59.3 Å². The summed E-state index contributed by atoms with van der Waals surface area (Å²) in [4.78, 5) is 4.90. The Hall–Kier alpha value is -1.70. The minimum absolute atomic E-state index is 0.221. The molecule has 0 amide bonds. The molecule has 2 heterocycles. The third-order valence-corrected chi connectivity index (χ3v) is 5.22. The molecule has 0 radical (unpaired) electrons. The smallest absolute Gasteiger partial charge is 0.168 e. The molecule has 148 valence electrons. The van der Waals surface area contributed by atoms with Crippen molar-refractivity contribution in [3.05, 3.63) is 35.1 Å². The van der Waals surface area contributed by atoms with Gasteiger partial charge in [0.2, 0.25) is 0 Å². The van der Waals surface area contributed by atoms with E-state index in [9.17, 15) is 0 Å². The molecule has 1 aliphatic rings. The summed E-state index contributed by atoms with van der Waals surface area (Å²) < 4.78 is 7.09. The van der Waals surface area contributed by atoms with Crippen molar-refractivity contribution in [1.29, 1.82) is 0 Å². The van der Waals surface area contributed by atoms with E-state index in [2.05, 4.69) is 45.2 Å². The van der Waals surface area contributed by atoms with Crippen molar-refractivity contribution < 1.29 is 4.74 Å². The van der Waals surface area contributed by atoms with Crippen LogP contribution in [0.5, 0.6) is 0 Å². The molecule has 1 saturated heterocycles. The Morgan fingerprint density at radius 1 is 1.19 bits per heavy atom. The van der Waals surface area contributed by atoms with E-state index < -0.39 is 0 Å². The number of tetrazole rings is 1. The first-order valence-corrected chi connectivity index (χ1v) is 9.96. The van der Waals surface area contributed by atoms with Crippen LogP contribution in [0.3, 0.4) is 0 Å². The van der Waals surface area contributed by atoms with Gasteiger partial charge in [-0.25, -0.2) is 4.68 Å². The molecule has 1 atom stereocenters. The molecular formula is C19H29ClN6O. The summed E-state index contributed by atoms with van der Waals surface area (Å²) in [5.41, 5.74) is 1.19. The third-order valence-electron chi connectivity index (χ3n) is 4.99. The van der Waals surface area contributed by atoms with E-state index in [1.807, 2.05) is 22.9 Å². The highest BCUT2D eigenvalue weighted by atomic mass is 35.5. The maximum Gasteiger partial charge on any atom is 0.168 e. The molecule has 0 unspecified atom stereocenters. The summed E-state index contributed by atoms with van der Waals surface area (Å²) in [5, 5.41) is 13.2. The minimum Gasteiger partial charge on any atom is -0.383 e. The minimum atomic E-state index is 0.221. The van der Waals surface area contributed by atoms with Crippen LogP contribution < -0.4 is 4.90 Å². The second kappa shape index (κ2) is 9.48.